The summed E-state index contributed by atoms with van der Waals surface area (Å²) in [5.74, 6) is -1.48. The minimum atomic E-state index is -1.48. The number of hydrogen-bond acceptors (Lipinski definition) is 4. The lowest BCUT2D eigenvalue weighted by atomic mass is 10.2. The molecule has 80 valence electrons. The Kier molecular flexibility index (Phi) is 3.18. The summed E-state index contributed by atoms with van der Waals surface area (Å²) < 4.78 is 15.9. The summed E-state index contributed by atoms with van der Waals surface area (Å²) in [5, 5.41) is 9.85. The van der Waals surface area contributed by atoms with Crippen LogP contribution in [0, 0.1) is 0 Å². The lowest BCUT2D eigenvalue weighted by Crippen LogP contribution is -2.42. The molecule has 1 saturated heterocycles. The molecule has 2 aliphatic rings. The van der Waals surface area contributed by atoms with Gasteiger partial charge in [0, 0.05) is 13.0 Å². The fourth-order valence-corrected chi connectivity index (χ4v) is 1.63. The molecule has 1 fully saturated rings. The summed E-state index contributed by atoms with van der Waals surface area (Å²) in [5.41, 5.74) is 0. The fraction of sp³-hybridized carbons (Fsp3) is 0.800. The molecule has 14 heavy (non-hydrogen) atoms. The number of ether oxygens (including phenoxy) is 3. The Bertz CT molecular complexity index is 210. The first kappa shape index (κ1) is 10.1. The number of rotatable bonds is 2. The van der Waals surface area contributed by atoms with Crippen LogP contribution >= 0.6 is 0 Å². The maximum absolute atomic E-state index is 9.85. The molecular formula is C10H16O4. The lowest BCUT2D eigenvalue weighted by molar-refractivity contribution is -0.404. The van der Waals surface area contributed by atoms with E-state index in [1.807, 2.05) is 12.2 Å². The van der Waals surface area contributed by atoms with E-state index in [1.54, 1.807) is 0 Å². The highest BCUT2D eigenvalue weighted by molar-refractivity contribution is 4.89. The summed E-state index contributed by atoms with van der Waals surface area (Å²) in [6.07, 6.45) is 6.74. The van der Waals surface area contributed by atoms with Gasteiger partial charge in [-0.1, -0.05) is 12.2 Å². The monoisotopic (exact) mass is 200 g/mol. The molecule has 2 aliphatic heterocycles. The van der Waals surface area contributed by atoms with Crippen LogP contribution in [0.25, 0.3) is 0 Å². The first-order chi connectivity index (χ1) is 6.79. The molecule has 2 unspecified atom stereocenters. The molecule has 4 heteroatoms. The highest BCUT2D eigenvalue weighted by atomic mass is 16.9. The molecule has 0 bridgehead atoms. The third kappa shape index (κ3) is 2.54. The van der Waals surface area contributed by atoms with Crippen LogP contribution in [0.5, 0.6) is 0 Å². The van der Waals surface area contributed by atoms with Gasteiger partial charge in [-0.2, -0.15) is 0 Å². The average Bonchev–Trinajstić information content (AvgIpc) is 2.19. The van der Waals surface area contributed by atoms with Crippen LogP contribution in [-0.4, -0.2) is 30.6 Å². The molecule has 0 saturated carbocycles. The maximum atomic E-state index is 9.85. The normalized spacial score (nSPS) is 38.5. The van der Waals surface area contributed by atoms with Crippen molar-refractivity contribution in [3.05, 3.63) is 12.2 Å². The summed E-state index contributed by atoms with van der Waals surface area (Å²) in [7, 11) is 0. The standard InChI is InChI=1S/C10H16O4/c11-10(6-2-4-8-13-10)14-9-5-1-3-7-12-9/h2,4,9,11H,1,3,5-8H2. The Morgan fingerprint density at radius 2 is 2.29 bits per heavy atom. The van der Waals surface area contributed by atoms with E-state index in [4.69, 9.17) is 14.2 Å². The third-order valence-corrected chi connectivity index (χ3v) is 2.40. The van der Waals surface area contributed by atoms with Crippen LogP contribution in [0.1, 0.15) is 25.7 Å². The van der Waals surface area contributed by atoms with E-state index in [0.29, 0.717) is 19.6 Å². The predicted octanol–water partition coefficient (Wildman–Crippen LogP) is 1.15. The predicted molar refractivity (Wildman–Crippen MR) is 49.3 cm³/mol. The van der Waals surface area contributed by atoms with Crippen LogP contribution in [0.4, 0.5) is 0 Å². The molecule has 0 aromatic carbocycles. The van der Waals surface area contributed by atoms with Crippen molar-refractivity contribution in [1.82, 2.24) is 0 Å². The summed E-state index contributed by atoms with van der Waals surface area (Å²) in [4.78, 5) is 0. The molecule has 0 aliphatic carbocycles. The third-order valence-electron chi connectivity index (χ3n) is 2.40. The van der Waals surface area contributed by atoms with Crippen molar-refractivity contribution in [2.45, 2.75) is 37.9 Å². The lowest BCUT2D eigenvalue weighted by Gasteiger charge is -2.34. The SMILES string of the molecule is OC1(OC2CCCCO2)CC=CCO1. The fourth-order valence-electron chi connectivity index (χ4n) is 1.63. The smallest absolute Gasteiger partial charge is 0.286 e. The second kappa shape index (κ2) is 4.40. The van der Waals surface area contributed by atoms with Crippen molar-refractivity contribution >= 4 is 0 Å². The molecule has 0 spiro atoms. The average molecular weight is 200 g/mol. The van der Waals surface area contributed by atoms with Gasteiger partial charge >= 0.3 is 0 Å². The van der Waals surface area contributed by atoms with Crippen molar-refractivity contribution in [3.8, 4) is 0 Å². The molecule has 2 rings (SSSR count). The minimum Gasteiger partial charge on any atom is -0.352 e. The summed E-state index contributed by atoms with van der Waals surface area (Å²) in [6, 6.07) is 0. The molecule has 1 N–H and O–H groups in total. The van der Waals surface area contributed by atoms with Gasteiger partial charge in [-0.3, -0.25) is 4.74 Å². The van der Waals surface area contributed by atoms with E-state index in [0.717, 1.165) is 19.3 Å². The Hall–Kier alpha value is -0.420. The second-order valence-corrected chi connectivity index (χ2v) is 3.61. The minimum absolute atomic E-state index is 0.319. The van der Waals surface area contributed by atoms with Gasteiger partial charge < -0.3 is 14.6 Å². The molecule has 2 atom stereocenters. The maximum Gasteiger partial charge on any atom is 0.286 e. The van der Waals surface area contributed by atoms with Gasteiger partial charge in [0.25, 0.3) is 5.97 Å². The van der Waals surface area contributed by atoms with Crippen molar-refractivity contribution < 1.29 is 19.3 Å². The highest BCUT2D eigenvalue weighted by Gasteiger charge is 2.33. The van der Waals surface area contributed by atoms with Crippen LogP contribution in [0.3, 0.4) is 0 Å². The van der Waals surface area contributed by atoms with Gasteiger partial charge in [0.2, 0.25) is 0 Å². The van der Waals surface area contributed by atoms with Gasteiger partial charge in [-0.05, 0) is 19.3 Å². The van der Waals surface area contributed by atoms with Crippen molar-refractivity contribution in [3.63, 3.8) is 0 Å². The summed E-state index contributed by atoms with van der Waals surface area (Å²) >= 11 is 0. The molecule has 0 aromatic heterocycles. The first-order valence-corrected chi connectivity index (χ1v) is 5.09. The molecule has 4 nitrogen and oxygen atoms in total. The zero-order chi connectivity index (χ0) is 9.86. The van der Waals surface area contributed by atoms with Crippen molar-refractivity contribution in [2.75, 3.05) is 13.2 Å². The van der Waals surface area contributed by atoms with E-state index >= 15 is 0 Å². The summed E-state index contributed by atoms with van der Waals surface area (Å²) in [6.45, 7) is 1.10. The van der Waals surface area contributed by atoms with Gasteiger partial charge in [0.05, 0.1) is 6.61 Å². The van der Waals surface area contributed by atoms with Gasteiger partial charge in [-0.15, -0.1) is 0 Å². The Morgan fingerprint density at radius 3 is 2.93 bits per heavy atom. The largest absolute Gasteiger partial charge is 0.352 e. The number of hydrogen-bond donors (Lipinski definition) is 1. The van der Waals surface area contributed by atoms with Crippen molar-refractivity contribution in [1.29, 1.82) is 0 Å². The molecule has 2 heterocycles. The van der Waals surface area contributed by atoms with E-state index in [9.17, 15) is 5.11 Å². The second-order valence-electron chi connectivity index (χ2n) is 3.61. The van der Waals surface area contributed by atoms with Crippen molar-refractivity contribution in [2.24, 2.45) is 0 Å². The highest BCUT2D eigenvalue weighted by Crippen LogP contribution is 2.25. The van der Waals surface area contributed by atoms with Crippen LogP contribution < -0.4 is 0 Å². The Balaban J connectivity index is 1.85. The molecule has 0 radical (unpaired) electrons. The first-order valence-electron chi connectivity index (χ1n) is 5.09. The van der Waals surface area contributed by atoms with E-state index in [-0.39, 0.29) is 6.29 Å². The van der Waals surface area contributed by atoms with Crippen LogP contribution in [0.15, 0.2) is 12.2 Å². The van der Waals surface area contributed by atoms with Gasteiger partial charge in [0.15, 0.2) is 6.29 Å². The quantitative estimate of drug-likeness (QED) is 0.536. The van der Waals surface area contributed by atoms with E-state index < -0.39 is 5.97 Å². The van der Waals surface area contributed by atoms with Crippen LogP contribution in [0.2, 0.25) is 0 Å². The molecule has 0 aromatic rings. The van der Waals surface area contributed by atoms with E-state index in [2.05, 4.69) is 0 Å². The topological polar surface area (TPSA) is 47.9 Å². The Morgan fingerprint density at radius 1 is 1.36 bits per heavy atom. The molecule has 0 amide bonds. The van der Waals surface area contributed by atoms with Crippen LogP contribution in [-0.2, 0) is 14.2 Å². The molecular weight excluding hydrogens is 184 g/mol. The van der Waals surface area contributed by atoms with Gasteiger partial charge in [-0.25, -0.2) is 0 Å². The zero-order valence-corrected chi connectivity index (χ0v) is 8.15. The number of aliphatic hydroxyl groups is 1. The van der Waals surface area contributed by atoms with E-state index in [1.165, 1.54) is 0 Å². The Labute approximate surface area is 83.5 Å². The van der Waals surface area contributed by atoms with Gasteiger partial charge in [0.1, 0.15) is 0 Å². The zero-order valence-electron chi connectivity index (χ0n) is 8.15.